The van der Waals surface area contributed by atoms with E-state index in [1.807, 2.05) is 60.8 Å². The highest BCUT2D eigenvalue weighted by atomic mass is 32.1. The number of aromatic nitrogens is 2. The van der Waals surface area contributed by atoms with E-state index in [1.165, 1.54) is 0 Å². The van der Waals surface area contributed by atoms with Crippen LogP contribution < -0.4 is 10.9 Å². The lowest BCUT2D eigenvalue weighted by Crippen LogP contribution is -2.17. The van der Waals surface area contributed by atoms with Crippen molar-refractivity contribution in [1.29, 1.82) is 0 Å². The van der Waals surface area contributed by atoms with Crippen LogP contribution in [-0.2, 0) is 6.54 Å². The lowest BCUT2D eigenvalue weighted by atomic mass is 10.2. The fourth-order valence-corrected chi connectivity index (χ4v) is 3.30. The molecular formula is C22H17N3OS. The minimum absolute atomic E-state index is 0.0731. The quantitative estimate of drug-likeness (QED) is 0.552. The van der Waals surface area contributed by atoms with E-state index < -0.39 is 0 Å². The number of anilines is 1. The Morgan fingerprint density at radius 3 is 2.89 bits per heavy atom. The molecule has 0 saturated carbocycles. The first-order valence-electron chi connectivity index (χ1n) is 8.56. The van der Waals surface area contributed by atoms with Gasteiger partial charge >= 0.3 is 0 Å². The third-order valence-corrected chi connectivity index (χ3v) is 4.83. The lowest BCUT2D eigenvalue weighted by molar-refractivity contribution is 0.965. The van der Waals surface area contributed by atoms with Gasteiger partial charge in [-0.25, -0.2) is 4.98 Å². The molecule has 0 bridgehead atoms. The summed E-state index contributed by atoms with van der Waals surface area (Å²) < 4.78 is 1.57. The van der Waals surface area contributed by atoms with Gasteiger partial charge in [0.15, 0.2) is 0 Å². The zero-order valence-electron chi connectivity index (χ0n) is 14.8. The Labute approximate surface area is 161 Å². The van der Waals surface area contributed by atoms with Crippen LogP contribution in [0.3, 0.4) is 0 Å². The average Bonchev–Trinajstić information content (AvgIpc) is 3.19. The molecule has 0 atom stereocenters. The monoisotopic (exact) mass is 371 g/mol. The normalized spacial score (nSPS) is 10.4. The Kier molecular flexibility index (Phi) is 4.73. The van der Waals surface area contributed by atoms with Crippen LogP contribution in [0.2, 0.25) is 0 Å². The Bertz CT molecular complexity index is 1210. The number of pyridine rings is 1. The van der Waals surface area contributed by atoms with Crippen LogP contribution in [0.4, 0.5) is 5.69 Å². The van der Waals surface area contributed by atoms with Gasteiger partial charge in [-0.05, 0) is 48.2 Å². The Morgan fingerprint density at radius 2 is 2.04 bits per heavy atom. The number of benzene rings is 1. The van der Waals surface area contributed by atoms with E-state index >= 15 is 0 Å². The predicted octanol–water partition coefficient (Wildman–Crippen LogP) is 4.08. The highest BCUT2D eigenvalue weighted by Crippen LogP contribution is 2.12. The largest absolute Gasteiger partial charge is 0.379 e. The molecule has 3 heterocycles. The molecule has 132 valence electrons. The van der Waals surface area contributed by atoms with Crippen molar-refractivity contribution in [3.8, 4) is 11.8 Å². The van der Waals surface area contributed by atoms with Gasteiger partial charge in [0.2, 0.25) is 0 Å². The van der Waals surface area contributed by atoms with Crippen molar-refractivity contribution in [2.75, 3.05) is 5.32 Å². The van der Waals surface area contributed by atoms with Gasteiger partial charge < -0.3 is 5.32 Å². The van der Waals surface area contributed by atoms with E-state index in [1.54, 1.807) is 28.0 Å². The molecule has 0 saturated heterocycles. The molecule has 5 heteroatoms. The SMILES string of the molecule is Cc1ccc2nc(CNc3cccc(C#Cc4cccs4)c3)cc(=O)n2c1. The topological polar surface area (TPSA) is 46.4 Å². The fraction of sp³-hybridized carbons (Fsp3) is 0.0909. The second-order valence-corrected chi connectivity index (χ2v) is 7.13. The lowest BCUT2D eigenvalue weighted by Gasteiger charge is -2.08. The first-order valence-corrected chi connectivity index (χ1v) is 9.44. The molecule has 1 N–H and O–H groups in total. The van der Waals surface area contributed by atoms with Crippen LogP contribution in [0, 0.1) is 18.8 Å². The molecule has 4 rings (SSSR count). The summed E-state index contributed by atoms with van der Waals surface area (Å²) in [6, 6.07) is 17.3. The zero-order valence-corrected chi connectivity index (χ0v) is 15.6. The number of fused-ring (bicyclic) bond motifs is 1. The summed E-state index contributed by atoms with van der Waals surface area (Å²) in [4.78, 5) is 17.9. The highest BCUT2D eigenvalue weighted by molar-refractivity contribution is 7.10. The van der Waals surface area contributed by atoms with Crippen LogP contribution in [0.15, 0.2) is 71.0 Å². The molecule has 0 spiro atoms. The molecule has 0 aliphatic carbocycles. The van der Waals surface area contributed by atoms with E-state index in [4.69, 9.17) is 0 Å². The standard InChI is InChI=1S/C22H17N3OS/c1-16-7-10-21-24-19(13-22(26)25(21)15-16)14-23-18-5-2-4-17(12-18)8-9-20-6-3-11-27-20/h2-7,10-13,15,23H,14H2,1H3. The maximum atomic E-state index is 12.3. The maximum Gasteiger partial charge on any atom is 0.258 e. The van der Waals surface area contributed by atoms with Gasteiger partial charge in [-0.15, -0.1) is 11.3 Å². The molecule has 0 aliphatic rings. The smallest absolute Gasteiger partial charge is 0.258 e. The Hall–Kier alpha value is -3.36. The molecule has 0 fully saturated rings. The molecule has 0 unspecified atom stereocenters. The van der Waals surface area contributed by atoms with Gasteiger partial charge in [0.1, 0.15) is 5.65 Å². The van der Waals surface area contributed by atoms with Crippen molar-refractivity contribution in [3.05, 3.63) is 98.2 Å². The molecule has 27 heavy (non-hydrogen) atoms. The molecule has 0 aliphatic heterocycles. The number of nitrogens with one attached hydrogen (secondary N) is 1. The second-order valence-electron chi connectivity index (χ2n) is 6.18. The zero-order chi connectivity index (χ0) is 18.6. The Balaban J connectivity index is 1.52. The van der Waals surface area contributed by atoms with Crippen LogP contribution in [0.25, 0.3) is 5.65 Å². The number of aryl methyl sites for hydroxylation is 1. The molecule has 1 aromatic carbocycles. The Morgan fingerprint density at radius 1 is 1.11 bits per heavy atom. The van der Waals surface area contributed by atoms with Gasteiger partial charge in [0, 0.05) is 23.5 Å². The highest BCUT2D eigenvalue weighted by Gasteiger charge is 2.03. The maximum absolute atomic E-state index is 12.3. The summed E-state index contributed by atoms with van der Waals surface area (Å²) in [5.41, 5.74) is 4.20. The predicted molar refractivity (Wildman–Crippen MR) is 110 cm³/mol. The van der Waals surface area contributed by atoms with E-state index in [-0.39, 0.29) is 5.56 Å². The number of hydrogen-bond donors (Lipinski definition) is 1. The summed E-state index contributed by atoms with van der Waals surface area (Å²) in [5.74, 6) is 6.33. The molecule has 0 amide bonds. The molecule has 0 radical (unpaired) electrons. The van der Waals surface area contributed by atoms with Gasteiger partial charge in [-0.1, -0.05) is 30.0 Å². The fourth-order valence-electron chi connectivity index (χ4n) is 2.73. The van der Waals surface area contributed by atoms with Gasteiger partial charge in [0.25, 0.3) is 5.56 Å². The number of hydrogen-bond acceptors (Lipinski definition) is 4. The first kappa shape index (κ1) is 17.1. The molecule has 4 nitrogen and oxygen atoms in total. The van der Waals surface area contributed by atoms with E-state index in [2.05, 4.69) is 22.1 Å². The van der Waals surface area contributed by atoms with Crippen molar-refractivity contribution in [3.63, 3.8) is 0 Å². The summed E-state index contributed by atoms with van der Waals surface area (Å²) in [6.45, 7) is 2.43. The van der Waals surface area contributed by atoms with Gasteiger partial charge in [-0.3, -0.25) is 9.20 Å². The van der Waals surface area contributed by atoms with Crippen LogP contribution in [-0.4, -0.2) is 9.38 Å². The van der Waals surface area contributed by atoms with Gasteiger partial charge in [0.05, 0.1) is 17.1 Å². The van der Waals surface area contributed by atoms with Crippen molar-refractivity contribution in [2.24, 2.45) is 0 Å². The van der Waals surface area contributed by atoms with Crippen LogP contribution in [0.5, 0.6) is 0 Å². The van der Waals surface area contributed by atoms with Crippen LogP contribution in [0.1, 0.15) is 21.7 Å². The van der Waals surface area contributed by atoms with Crippen molar-refractivity contribution in [1.82, 2.24) is 9.38 Å². The average molecular weight is 371 g/mol. The minimum atomic E-state index is -0.0731. The number of thiophene rings is 1. The number of nitrogens with zero attached hydrogens (tertiary/aromatic N) is 2. The van der Waals surface area contributed by atoms with Crippen molar-refractivity contribution >= 4 is 22.7 Å². The molecular weight excluding hydrogens is 354 g/mol. The third kappa shape index (κ3) is 4.08. The van der Waals surface area contributed by atoms with Crippen molar-refractivity contribution < 1.29 is 0 Å². The van der Waals surface area contributed by atoms with E-state index in [9.17, 15) is 4.79 Å². The molecule has 4 aromatic rings. The van der Waals surface area contributed by atoms with E-state index in [0.29, 0.717) is 17.9 Å². The van der Waals surface area contributed by atoms with Gasteiger partial charge in [-0.2, -0.15) is 0 Å². The van der Waals surface area contributed by atoms with Crippen molar-refractivity contribution in [2.45, 2.75) is 13.5 Å². The summed E-state index contributed by atoms with van der Waals surface area (Å²) in [6.07, 6.45) is 1.80. The summed E-state index contributed by atoms with van der Waals surface area (Å²) in [7, 11) is 0. The molecule has 3 aromatic heterocycles. The second kappa shape index (κ2) is 7.48. The summed E-state index contributed by atoms with van der Waals surface area (Å²) >= 11 is 1.63. The number of rotatable bonds is 3. The van der Waals surface area contributed by atoms with E-state index in [0.717, 1.165) is 21.7 Å². The third-order valence-electron chi connectivity index (χ3n) is 4.05. The summed E-state index contributed by atoms with van der Waals surface area (Å²) in [5, 5.41) is 5.34. The van der Waals surface area contributed by atoms with Crippen LogP contribution >= 0.6 is 11.3 Å². The minimum Gasteiger partial charge on any atom is -0.379 e. The first-order chi connectivity index (χ1) is 13.2.